The molecule has 1 N–H and O–H groups in total. The minimum atomic E-state index is -0.931. The number of carboxylic acids is 1. The fraction of sp³-hybridized carbons (Fsp3) is 0.280. The molecule has 1 aliphatic rings. The topological polar surface area (TPSA) is 71.9 Å². The van der Waals surface area contributed by atoms with Crippen molar-refractivity contribution in [1.29, 1.82) is 0 Å². The molecule has 0 saturated heterocycles. The molecule has 0 amide bonds. The lowest BCUT2D eigenvalue weighted by atomic mass is 9.87. The number of hydrogen-bond donors (Lipinski definition) is 1. The quantitative estimate of drug-likeness (QED) is 0.549. The molecule has 32 heavy (non-hydrogen) atoms. The molecule has 0 bridgehead atoms. The van der Waals surface area contributed by atoms with Crippen LogP contribution in [-0.2, 0) is 6.42 Å². The number of anilines is 2. The Morgan fingerprint density at radius 1 is 1.25 bits per heavy atom. The van der Waals surface area contributed by atoms with Crippen molar-refractivity contribution < 1.29 is 23.8 Å². The molecular formula is C25H25FN2O4. The monoisotopic (exact) mass is 436 g/mol. The number of methoxy groups -OCH3 is 1. The Balaban J connectivity index is 1.53. The highest BCUT2D eigenvalue weighted by Crippen LogP contribution is 2.40. The maximum absolute atomic E-state index is 13.8. The van der Waals surface area contributed by atoms with E-state index in [-0.39, 0.29) is 11.7 Å². The molecule has 1 aliphatic heterocycles. The third kappa shape index (κ3) is 4.37. The largest absolute Gasteiger partial charge is 0.494 e. The Morgan fingerprint density at radius 3 is 2.81 bits per heavy atom. The number of nitrogens with zero attached hydrogens (tertiary/aromatic N) is 2. The number of aryl methyl sites for hydroxylation is 1. The molecule has 1 aromatic heterocycles. The fourth-order valence-corrected chi connectivity index (χ4v) is 4.13. The summed E-state index contributed by atoms with van der Waals surface area (Å²) in [7, 11) is 3.35. The Bertz CT molecular complexity index is 1130. The maximum Gasteiger partial charge on any atom is 0.336 e. The van der Waals surface area contributed by atoms with Crippen LogP contribution in [0.15, 0.2) is 54.9 Å². The van der Waals surface area contributed by atoms with E-state index in [1.54, 1.807) is 24.4 Å². The first-order valence-electron chi connectivity index (χ1n) is 10.5. The zero-order valence-electron chi connectivity index (χ0n) is 18.0. The van der Waals surface area contributed by atoms with Crippen LogP contribution in [0.25, 0.3) is 0 Å². The zero-order chi connectivity index (χ0) is 22.7. The van der Waals surface area contributed by atoms with E-state index in [0.717, 1.165) is 41.1 Å². The average molecular weight is 436 g/mol. The highest BCUT2D eigenvalue weighted by atomic mass is 19.1. The number of fused-ring (bicyclic) bond motifs is 1. The van der Waals surface area contributed by atoms with Crippen molar-refractivity contribution in [3.05, 3.63) is 77.4 Å². The Kier molecular flexibility index (Phi) is 6.25. The van der Waals surface area contributed by atoms with Gasteiger partial charge in [-0.15, -0.1) is 0 Å². The van der Waals surface area contributed by atoms with Gasteiger partial charge in [0, 0.05) is 42.9 Å². The summed E-state index contributed by atoms with van der Waals surface area (Å²) in [5.74, 6) is -0.0456. The van der Waals surface area contributed by atoms with Crippen molar-refractivity contribution in [3.8, 4) is 11.5 Å². The number of aromatic nitrogens is 1. The number of carboxylic acid groups (broad SMARTS) is 1. The minimum Gasteiger partial charge on any atom is -0.494 e. The van der Waals surface area contributed by atoms with E-state index in [1.807, 2.05) is 24.1 Å². The van der Waals surface area contributed by atoms with Gasteiger partial charge in [0.2, 0.25) is 0 Å². The first kappa shape index (κ1) is 21.6. The highest BCUT2D eigenvalue weighted by molar-refractivity contribution is 5.89. The van der Waals surface area contributed by atoms with Crippen molar-refractivity contribution in [2.24, 2.45) is 0 Å². The van der Waals surface area contributed by atoms with Gasteiger partial charge in [0.15, 0.2) is 11.6 Å². The van der Waals surface area contributed by atoms with Gasteiger partial charge >= 0.3 is 5.97 Å². The molecule has 0 fully saturated rings. The molecule has 0 unspecified atom stereocenters. The average Bonchev–Trinajstić information content (AvgIpc) is 2.82. The number of pyridine rings is 1. The second-order valence-electron chi connectivity index (χ2n) is 7.81. The molecule has 0 spiro atoms. The first-order chi connectivity index (χ1) is 15.5. The number of ether oxygens (including phenoxy) is 2. The SMILES string of the molecule is COc1cc(N(C)c2ccc3c(c2)OCC[C@H]3CCc2cnccc2C(=O)O)ccc1F. The van der Waals surface area contributed by atoms with Crippen LogP contribution in [0.3, 0.4) is 0 Å². The van der Waals surface area contributed by atoms with Crippen LogP contribution in [0.4, 0.5) is 15.8 Å². The molecule has 6 nitrogen and oxygen atoms in total. The van der Waals surface area contributed by atoms with Crippen LogP contribution in [-0.4, -0.2) is 36.8 Å². The van der Waals surface area contributed by atoms with Gasteiger partial charge in [0.05, 0.1) is 19.3 Å². The molecule has 7 heteroatoms. The molecule has 0 radical (unpaired) electrons. The van der Waals surface area contributed by atoms with Gasteiger partial charge in [-0.1, -0.05) is 6.07 Å². The Hall–Kier alpha value is -3.61. The Labute approximate surface area is 186 Å². The number of carbonyl (C=O) groups is 1. The third-order valence-corrected chi connectivity index (χ3v) is 5.97. The van der Waals surface area contributed by atoms with Gasteiger partial charge in [-0.3, -0.25) is 4.98 Å². The van der Waals surface area contributed by atoms with Crippen molar-refractivity contribution in [2.45, 2.75) is 25.2 Å². The summed E-state index contributed by atoms with van der Waals surface area (Å²) in [6.07, 6.45) is 5.47. The van der Waals surface area contributed by atoms with Gasteiger partial charge < -0.3 is 19.5 Å². The van der Waals surface area contributed by atoms with Crippen LogP contribution in [0.5, 0.6) is 11.5 Å². The number of aromatic carboxylic acids is 1. The second kappa shape index (κ2) is 9.26. The van der Waals surface area contributed by atoms with Crippen LogP contribution in [0.2, 0.25) is 0 Å². The maximum atomic E-state index is 13.8. The number of halogens is 1. The van der Waals surface area contributed by atoms with E-state index >= 15 is 0 Å². The lowest BCUT2D eigenvalue weighted by Crippen LogP contribution is -2.17. The van der Waals surface area contributed by atoms with Gasteiger partial charge in [-0.05, 0) is 60.6 Å². The smallest absolute Gasteiger partial charge is 0.336 e. The van der Waals surface area contributed by atoms with Crippen LogP contribution < -0.4 is 14.4 Å². The summed E-state index contributed by atoms with van der Waals surface area (Å²) in [4.78, 5) is 17.5. The van der Waals surface area contributed by atoms with E-state index < -0.39 is 11.8 Å². The van der Waals surface area contributed by atoms with E-state index in [9.17, 15) is 14.3 Å². The molecule has 1 atom stereocenters. The summed E-state index contributed by atoms with van der Waals surface area (Å²) >= 11 is 0. The molecule has 2 aromatic carbocycles. The summed E-state index contributed by atoms with van der Waals surface area (Å²) in [6.45, 7) is 0.605. The summed E-state index contributed by atoms with van der Waals surface area (Å²) in [5.41, 5.74) is 3.88. The molecule has 3 aromatic rings. The van der Waals surface area contributed by atoms with Gasteiger partial charge in [0.25, 0.3) is 0 Å². The lowest BCUT2D eigenvalue weighted by Gasteiger charge is -2.28. The van der Waals surface area contributed by atoms with Crippen molar-refractivity contribution >= 4 is 17.3 Å². The van der Waals surface area contributed by atoms with Crippen LogP contribution in [0.1, 0.15) is 40.2 Å². The van der Waals surface area contributed by atoms with Crippen LogP contribution >= 0.6 is 0 Å². The van der Waals surface area contributed by atoms with Gasteiger partial charge in [-0.25, -0.2) is 9.18 Å². The van der Waals surface area contributed by atoms with E-state index in [0.29, 0.717) is 18.6 Å². The van der Waals surface area contributed by atoms with Crippen molar-refractivity contribution in [2.75, 3.05) is 25.7 Å². The van der Waals surface area contributed by atoms with Crippen molar-refractivity contribution in [1.82, 2.24) is 4.98 Å². The normalized spacial score (nSPS) is 14.9. The minimum absolute atomic E-state index is 0.194. The molecule has 2 heterocycles. The number of hydrogen-bond acceptors (Lipinski definition) is 5. The summed E-state index contributed by atoms with van der Waals surface area (Å²) in [6, 6.07) is 12.4. The van der Waals surface area contributed by atoms with Crippen molar-refractivity contribution in [3.63, 3.8) is 0 Å². The predicted octanol–water partition coefficient (Wildman–Crippen LogP) is 5.19. The van der Waals surface area contributed by atoms with Gasteiger partial charge in [-0.2, -0.15) is 0 Å². The first-order valence-corrected chi connectivity index (χ1v) is 10.5. The number of rotatable bonds is 7. The molecule has 4 rings (SSSR count). The number of benzene rings is 2. The Morgan fingerprint density at radius 2 is 2.03 bits per heavy atom. The van der Waals surface area contributed by atoms with Gasteiger partial charge in [0.1, 0.15) is 5.75 Å². The van der Waals surface area contributed by atoms with E-state index in [1.165, 1.54) is 19.4 Å². The van der Waals surface area contributed by atoms with E-state index in [4.69, 9.17) is 9.47 Å². The lowest BCUT2D eigenvalue weighted by molar-refractivity contribution is 0.0695. The molecule has 166 valence electrons. The zero-order valence-corrected chi connectivity index (χ0v) is 18.0. The molecular weight excluding hydrogens is 411 g/mol. The molecule has 0 saturated carbocycles. The predicted molar refractivity (Wildman–Crippen MR) is 120 cm³/mol. The fourth-order valence-electron chi connectivity index (χ4n) is 4.13. The standard InChI is InChI=1S/C25H25FN2O4/c1-28(19-6-8-22(26)24(14-19)31-2)18-5-7-20-16(10-12-32-23(20)13-18)3-4-17-15-27-11-9-21(17)25(29)30/h5-9,11,13-16H,3-4,10,12H2,1-2H3,(H,29,30)/t16-/m1/s1. The summed E-state index contributed by atoms with van der Waals surface area (Å²) < 4.78 is 24.8. The summed E-state index contributed by atoms with van der Waals surface area (Å²) in [5, 5.41) is 9.40. The van der Waals surface area contributed by atoms with E-state index in [2.05, 4.69) is 11.1 Å². The second-order valence-corrected chi connectivity index (χ2v) is 7.81. The highest BCUT2D eigenvalue weighted by Gasteiger charge is 2.23. The third-order valence-electron chi connectivity index (χ3n) is 5.97. The molecule has 0 aliphatic carbocycles. The van der Waals surface area contributed by atoms with Crippen LogP contribution in [0, 0.1) is 5.82 Å².